The summed E-state index contributed by atoms with van der Waals surface area (Å²) in [5.74, 6) is 0.844. The Balaban J connectivity index is 1.83. The van der Waals surface area contributed by atoms with E-state index in [0.717, 1.165) is 11.1 Å². The van der Waals surface area contributed by atoms with Crippen LogP contribution in [0.4, 0.5) is 0 Å². The van der Waals surface area contributed by atoms with Crippen molar-refractivity contribution in [3.8, 4) is 11.5 Å². The van der Waals surface area contributed by atoms with Crippen LogP contribution in [0.25, 0.3) is 0 Å². The lowest BCUT2D eigenvalue weighted by molar-refractivity contribution is 0.0948. The molecule has 0 aliphatic heterocycles. The van der Waals surface area contributed by atoms with E-state index in [4.69, 9.17) is 9.47 Å². The Morgan fingerprint density at radius 2 is 1.41 bits per heavy atom. The first-order valence-electron chi connectivity index (χ1n) is 8.83. The van der Waals surface area contributed by atoms with E-state index in [1.165, 1.54) is 7.11 Å². The second-order valence-corrected chi connectivity index (χ2v) is 6.13. The summed E-state index contributed by atoms with van der Waals surface area (Å²) in [6, 6.07) is 25.6. The number of amides is 1. The van der Waals surface area contributed by atoms with Crippen LogP contribution in [0.15, 0.2) is 78.9 Å². The van der Waals surface area contributed by atoms with Gasteiger partial charge in [-0.25, -0.2) is 0 Å². The molecule has 1 N–H and O–H groups in total. The fraction of sp³-hybridized carbons (Fsp3) is 0.174. The van der Waals surface area contributed by atoms with Gasteiger partial charge in [-0.05, 0) is 23.3 Å². The van der Waals surface area contributed by atoms with E-state index in [-0.39, 0.29) is 11.8 Å². The zero-order chi connectivity index (χ0) is 19.1. The number of hydrogen-bond acceptors (Lipinski definition) is 3. The molecule has 0 aliphatic rings. The predicted molar refractivity (Wildman–Crippen MR) is 107 cm³/mol. The van der Waals surface area contributed by atoms with Gasteiger partial charge in [0.05, 0.1) is 19.8 Å². The van der Waals surface area contributed by atoms with Gasteiger partial charge in [-0.1, -0.05) is 66.7 Å². The molecule has 0 unspecified atom stereocenters. The first-order valence-corrected chi connectivity index (χ1v) is 8.83. The van der Waals surface area contributed by atoms with Gasteiger partial charge < -0.3 is 14.8 Å². The normalized spacial score (nSPS) is 10.5. The lowest BCUT2D eigenvalue weighted by Gasteiger charge is -2.19. The van der Waals surface area contributed by atoms with Crippen molar-refractivity contribution in [1.82, 2.24) is 5.32 Å². The minimum atomic E-state index is -0.192. The molecule has 0 aliphatic carbocycles. The summed E-state index contributed by atoms with van der Waals surface area (Å²) in [6.07, 6.45) is 0. The van der Waals surface area contributed by atoms with Crippen LogP contribution in [0.5, 0.6) is 11.5 Å². The van der Waals surface area contributed by atoms with Crippen LogP contribution in [0.2, 0.25) is 0 Å². The number of ether oxygens (including phenoxy) is 2. The molecule has 1 amide bonds. The van der Waals surface area contributed by atoms with Crippen molar-refractivity contribution in [3.63, 3.8) is 0 Å². The highest BCUT2D eigenvalue weighted by molar-refractivity contribution is 5.97. The minimum absolute atomic E-state index is 0.0629. The van der Waals surface area contributed by atoms with Gasteiger partial charge >= 0.3 is 0 Å². The van der Waals surface area contributed by atoms with Crippen LogP contribution in [-0.4, -0.2) is 26.7 Å². The molecule has 0 saturated heterocycles. The first-order chi connectivity index (χ1) is 13.2. The van der Waals surface area contributed by atoms with E-state index in [1.54, 1.807) is 25.3 Å². The Hall–Kier alpha value is -3.27. The van der Waals surface area contributed by atoms with Gasteiger partial charge in [-0.3, -0.25) is 4.79 Å². The van der Waals surface area contributed by atoms with Crippen LogP contribution in [0.3, 0.4) is 0 Å². The number of rotatable bonds is 7. The van der Waals surface area contributed by atoms with Crippen LogP contribution in [-0.2, 0) is 0 Å². The molecule has 3 aromatic rings. The van der Waals surface area contributed by atoms with Crippen molar-refractivity contribution in [2.24, 2.45) is 0 Å². The number of para-hydroxylation sites is 1. The van der Waals surface area contributed by atoms with Crippen LogP contribution in [0.1, 0.15) is 27.4 Å². The Morgan fingerprint density at radius 1 is 0.815 bits per heavy atom. The fourth-order valence-electron chi connectivity index (χ4n) is 3.15. The summed E-state index contributed by atoms with van der Waals surface area (Å²) in [6.45, 7) is 0.479. The van der Waals surface area contributed by atoms with E-state index in [1.807, 2.05) is 36.4 Å². The molecule has 0 heterocycles. The molecule has 138 valence electrons. The van der Waals surface area contributed by atoms with Crippen LogP contribution in [0, 0.1) is 0 Å². The van der Waals surface area contributed by atoms with Gasteiger partial charge in [0, 0.05) is 12.5 Å². The Morgan fingerprint density at radius 3 is 1.93 bits per heavy atom. The van der Waals surface area contributed by atoms with Crippen molar-refractivity contribution in [2.75, 3.05) is 20.8 Å². The first kappa shape index (κ1) is 18.5. The lowest BCUT2D eigenvalue weighted by Crippen LogP contribution is -2.29. The van der Waals surface area contributed by atoms with Gasteiger partial charge in [-0.2, -0.15) is 0 Å². The largest absolute Gasteiger partial charge is 0.493 e. The number of nitrogens with one attached hydrogen (secondary N) is 1. The number of methoxy groups -OCH3 is 2. The molecule has 0 spiro atoms. The van der Waals surface area contributed by atoms with Crippen LogP contribution < -0.4 is 14.8 Å². The van der Waals surface area contributed by atoms with Gasteiger partial charge in [0.2, 0.25) is 0 Å². The van der Waals surface area contributed by atoms with E-state index < -0.39 is 0 Å². The topological polar surface area (TPSA) is 47.6 Å². The number of carbonyl (C=O) groups is 1. The summed E-state index contributed by atoms with van der Waals surface area (Å²) < 4.78 is 10.7. The maximum Gasteiger partial charge on any atom is 0.255 e. The van der Waals surface area contributed by atoms with Crippen molar-refractivity contribution in [3.05, 3.63) is 95.6 Å². The summed E-state index contributed by atoms with van der Waals surface area (Å²) in [5.41, 5.74) is 2.76. The quantitative estimate of drug-likeness (QED) is 0.684. The maximum atomic E-state index is 12.8. The minimum Gasteiger partial charge on any atom is -0.493 e. The molecule has 4 nitrogen and oxygen atoms in total. The molecular weight excluding hydrogens is 338 g/mol. The van der Waals surface area contributed by atoms with E-state index >= 15 is 0 Å². The number of hydrogen-bond donors (Lipinski definition) is 1. The Kier molecular flexibility index (Phi) is 6.10. The highest BCUT2D eigenvalue weighted by Crippen LogP contribution is 2.31. The highest BCUT2D eigenvalue weighted by Gasteiger charge is 2.19. The lowest BCUT2D eigenvalue weighted by atomic mass is 9.91. The second kappa shape index (κ2) is 8.90. The maximum absolute atomic E-state index is 12.8. The second-order valence-electron chi connectivity index (χ2n) is 6.13. The average molecular weight is 361 g/mol. The third-order valence-corrected chi connectivity index (χ3v) is 4.52. The smallest absolute Gasteiger partial charge is 0.255 e. The molecule has 0 atom stereocenters. The Bertz CT molecular complexity index is 839. The zero-order valence-corrected chi connectivity index (χ0v) is 15.5. The molecule has 0 fully saturated rings. The van der Waals surface area contributed by atoms with E-state index in [2.05, 4.69) is 29.6 Å². The Labute approximate surface area is 159 Å². The van der Waals surface area contributed by atoms with Gasteiger partial charge in [0.1, 0.15) is 0 Å². The summed E-state index contributed by atoms with van der Waals surface area (Å²) in [7, 11) is 3.09. The summed E-state index contributed by atoms with van der Waals surface area (Å²) in [4.78, 5) is 12.8. The van der Waals surface area contributed by atoms with Crippen molar-refractivity contribution in [1.29, 1.82) is 0 Å². The molecule has 0 saturated carbocycles. The van der Waals surface area contributed by atoms with Gasteiger partial charge in [0.25, 0.3) is 5.91 Å². The van der Waals surface area contributed by atoms with E-state index in [9.17, 15) is 4.79 Å². The summed E-state index contributed by atoms with van der Waals surface area (Å²) >= 11 is 0. The van der Waals surface area contributed by atoms with Crippen molar-refractivity contribution < 1.29 is 14.3 Å². The molecular formula is C23H23NO3. The van der Waals surface area contributed by atoms with Crippen molar-refractivity contribution >= 4 is 5.91 Å². The van der Waals surface area contributed by atoms with Crippen LogP contribution >= 0.6 is 0 Å². The third-order valence-electron chi connectivity index (χ3n) is 4.52. The predicted octanol–water partition coefficient (Wildman–Crippen LogP) is 4.27. The molecule has 4 heteroatoms. The average Bonchev–Trinajstić information content (AvgIpc) is 2.74. The molecule has 27 heavy (non-hydrogen) atoms. The molecule has 0 bridgehead atoms. The summed E-state index contributed by atoms with van der Waals surface area (Å²) in [5, 5.41) is 3.05. The third kappa shape index (κ3) is 4.29. The number of carbonyl (C=O) groups excluding carboxylic acids is 1. The van der Waals surface area contributed by atoms with Crippen molar-refractivity contribution in [2.45, 2.75) is 5.92 Å². The monoisotopic (exact) mass is 361 g/mol. The SMILES string of the molecule is COc1cccc(C(=O)NCC(c2ccccc2)c2ccccc2)c1OC. The molecule has 0 aromatic heterocycles. The highest BCUT2D eigenvalue weighted by atomic mass is 16.5. The zero-order valence-electron chi connectivity index (χ0n) is 15.5. The van der Waals surface area contributed by atoms with E-state index in [0.29, 0.717) is 23.6 Å². The molecule has 3 aromatic carbocycles. The van der Waals surface area contributed by atoms with Gasteiger partial charge in [0.15, 0.2) is 11.5 Å². The number of benzene rings is 3. The standard InChI is InChI=1S/C23H23NO3/c1-26-21-15-9-14-19(22(21)27-2)23(25)24-16-20(17-10-5-3-6-11-17)18-12-7-4-8-13-18/h3-15,20H,16H2,1-2H3,(H,24,25). The van der Waals surface area contributed by atoms with Gasteiger partial charge in [-0.15, -0.1) is 0 Å². The molecule has 0 radical (unpaired) electrons. The fourth-order valence-corrected chi connectivity index (χ4v) is 3.15. The molecule has 3 rings (SSSR count).